The molecular weight excluding hydrogens is 112 g/mol. The number of rotatable bonds is 0. The van der Waals surface area contributed by atoms with Gasteiger partial charge in [0.1, 0.15) is 0 Å². The van der Waals surface area contributed by atoms with Crippen molar-refractivity contribution in [3.63, 3.8) is 0 Å². The van der Waals surface area contributed by atoms with Gasteiger partial charge in [0, 0.05) is 6.42 Å². The number of aliphatic hydroxyl groups is 1. The predicted molar refractivity (Wildman–Crippen MR) is 35.1 cm³/mol. The maximum atomic E-state index is 9.10. The van der Waals surface area contributed by atoms with E-state index >= 15 is 0 Å². The van der Waals surface area contributed by atoms with Crippen LogP contribution in [0.5, 0.6) is 0 Å². The van der Waals surface area contributed by atoms with Crippen LogP contribution in [0.25, 0.3) is 0 Å². The molecule has 1 aliphatic carbocycles. The van der Waals surface area contributed by atoms with Crippen LogP contribution in [0.3, 0.4) is 0 Å². The highest BCUT2D eigenvalue weighted by Gasteiger charge is 2.21. The molecule has 0 aliphatic heterocycles. The van der Waals surface area contributed by atoms with Gasteiger partial charge in [0.2, 0.25) is 0 Å². The van der Waals surface area contributed by atoms with Gasteiger partial charge in [-0.2, -0.15) is 0 Å². The molecule has 0 unspecified atom stereocenters. The van der Waals surface area contributed by atoms with Crippen molar-refractivity contribution in [3.8, 4) is 0 Å². The van der Waals surface area contributed by atoms with Gasteiger partial charge in [0.15, 0.2) is 0 Å². The number of hydrogen-bond donors (Lipinski definition) is 1. The molecule has 0 heterocycles. The van der Waals surface area contributed by atoms with Crippen molar-refractivity contribution in [1.29, 1.82) is 0 Å². The van der Waals surface area contributed by atoms with Gasteiger partial charge in [-0.05, 0) is 11.1 Å². The molecule has 0 fully saturated rings. The third-order valence-electron chi connectivity index (χ3n) is 1.83. The summed E-state index contributed by atoms with van der Waals surface area (Å²) in [6.45, 7) is 0. The first kappa shape index (κ1) is 5.00. The summed E-state index contributed by atoms with van der Waals surface area (Å²) in [5, 5.41) is 9.10. The lowest BCUT2D eigenvalue weighted by atomic mass is 9.86. The first-order valence-electron chi connectivity index (χ1n) is 3.14. The Morgan fingerprint density at radius 1 is 1.33 bits per heavy atom. The van der Waals surface area contributed by atoms with Crippen LogP contribution < -0.4 is 0 Å². The molecule has 1 heteroatoms. The zero-order chi connectivity index (χ0) is 6.27. The molecule has 0 spiro atoms. The molecule has 2 rings (SSSR count). The Morgan fingerprint density at radius 2 is 2.11 bits per heavy atom. The van der Waals surface area contributed by atoms with E-state index in [1.807, 2.05) is 18.2 Å². The van der Waals surface area contributed by atoms with Gasteiger partial charge in [0.05, 0.1) is 6.10 Å². The van der Waals surface area contributed by atoms with Crippen LogP contribution >= 0.6 is 0 Å². The van der Waals surface area contributed by atoms with Crippen LogP contribution in [0.1, 0.15) is 17.2 Å². The van der Waals surface area contributed by atoms with E-state index in [1.165, 1.54) is 5.56 Å². The summed E-state index contributed by atoms with van der Waals surface area (Å²) < 4.78 is 0. The van der Waals surface area contributed by atoms with Gasteiger partial charge in [-0.15, -0.1) is 0 Å². The molecule has 1 N–H and O–H groups in total. The van der Waals surface area contributed by atoms with Gasteiger partial charge < -0.3 is 5.11 Å². The molecule has 1 aliphatic rings. The fraction of sp³-hybridized carbons (Fsp3) is 0.250. The van der Waals surface area contributed by atoms with Crippen LogP contribution in [-0.2, 0) is 6.42 Å². The average molecular weight is 120 g/mol. The fourth-order valence-corrected chi connectivity index (χ4v) is 1.23. The molecule has 0 amide bonds. The Kier molecular flexibility index (Phi) is 0.878. The van der Waals surface area contributed by atoms with Crippen molar-refractivity contribution in [2.24, 2.45) is 0 Å². The second kappa shape index (κ2) is 1.58. The molecule has 0 aromatic heterocycles. The van der Waals surface area contributed by atoms with E-state index in [2.05, 4.69) is 6.07 Å². The topological polar surface area (TPSA) is 20.2 Å². The highest BCUT2D eigenvalue weighted by atomic mass is 16.3. The van der Waals surface area contributed by atoms with E-state index in [4.69, 9.17) is 5.11 Å². The molecule has 46 valence electrons. The Bertz CT molecular complexity index is 230. The number of fused-ring (bicyclic) bond motifs is 1. The van der Waals surface area contributed by atoms with E-state index in [-0.39, 0.29) is 6.10 Å². The third-order valence-corrected chi connectivity index (χ3v) is 1.83. The van der Waals surface area contributed by atoms with Crippen molar-refractivity contribution < 1.29 is 5.11 Å². The molecule has 1 nitrogen and oxygen atoms in total. The van der Waals surface area contributed by atoms with Crippen LogP contribution in [-0.4, -0.2) is 5.11 Å². The van der Waals surface area contributed by atoms with Gasteiger partial charge in [-0.25, -0.2) is 0 Å². The molecule has 1 atom stereocenters. The highest BCUT2D eigenvalue weighted by Crippen LogP contribution is 2.31. The summed E-state index contributed by atoms with van der Waals surface area (Å²) in [5.74, 6) is 0. The SMILES string of the molecule is O[C@H]1Cc2ccccc21. The summed E-state index contributed by atoms with van der Waals surface area (Å²) in [4.78, 5) is 0. The monoisotopic (exact) mass is 120 g/mol. The summed E-state index contributed by atoms with van der Waals surface area (Å²) in [7, 11) is 0. The normalized spacial score (nSPS) is 22.6. The van der Waals surface area contributed by atoms with Crippen molar-refractivity contribution >= 4 is 0 Å². The standard InChI is InChI=1S/C8H8O/c9-8-5-6-3-1-2-4-7(6)8/h1-4,8-9H,5H2/t8-/m0/s1. The maximum Gasteiger partial charge on any atom is 0.0833 e. The maximum absolute atomic E-state index is 9.10. The second-order valence-corrected chi connectivity index (χ2v) is 2.42. The Balaban J connectivity index is 2.51. The molecule has 1 aromatic carbocycles. The van der Waals surface area contributed by atoms with Crippen molar-refractivity contribution in [2.45, 2.75) is 12.5 Å². The Labute approximate surface area is 53.9 Å². The number of aliphatic hydroxyl groups excluding tert-OH is 1. The number of benzene rings is 1. The van der Waals surface area contributed by atoms with E-state index in [0.717, 1.165) is 12.0 Å². The minimum absolute atomic E-state index is 0.179. The van der Waals surface area contributed by atoms with Gasteiger partial charge in [0.25, 0.3) is 0 Å². The summed E-state index contributed by atoms with van der Waals surface area (Å²) in [6.07, 6.45) is 0.664. The number of hydrogen-bond acceptors (Lipinski definition) is 1. The average Bonchev–Trinajstić information content (AvgIpc) is 1.86. The van der Waals surface area contributed by atoms with Crippen molar-refractivity contribution in [2.75, 3.05) is 0 Å². The molecule has 9 heavy (non-hydrogen) atoms. The Hall–Kier alpha value is -0.820. The van der Waals surface area contributed by atoms with E-state index in [1.54, 1.807) is 0 Å². The lowest BCUT2D eigenvalue weighted by Gasteiger charge is -2.24. The van der Waals surface area contributed by atoms with Crippen molar-refractivity contribution in [1.82, 2.24) is 0 Å². The minimum Gasteiger partial charge on any atom is -0.388 e. The molecule has 0 saturated carbocycles. The van der Waals surface area contributed by atoms with E-state index < -0.39 is 0 Å². The van der Waals surface area contributed by atoms with Gasteiger partial charge in [-0.1, -0.05) is 24.3 Å². The largest absolute Gasteiger partial charge is 0.388 e. The molecule has 0 saturated heterocycles. The summed E-state index contributed by atoms with van der Waals surface area (Å²) in [5.41, 5.74) is 2.41. The van der Waals surface area contributed by atoms with E-state index in [0.29, 0.717) is 0 Å². The van der Waals surface area contributed by atoms with Crippen LogP contribution in [0, 0.1) is 0 Å². The molecule has 0 bridgehead atoms. The summed E-state index contributed by atoms with van der Waals surface area (Å²) in [6, 6.07) is 8.00. The lowest BCUT2D eigenvalue weighted by molar-refractivity contribution is 0.154. The predicted octanol–water partition coefficient (Wildman–Crippen LogP) is 1.28. The molecular formula is C8H8O. The third kappa shape index (κ3) is 0.583. The zero-order valence-corrected chi connectivity index (χ0v) is 5.04. The van der Waals surface area contributed by atoms with E-state index in [9.17, 15) is 0 Å². The quantitative estimate of drug-likeness (QED) is 0.546. The van der Waals surface area contributed by atoms with Gasteiger partial charge in [-0.3, -0.25) is 0 Å². The van der Waals surface area contributed by atoms with Crippen molar-refractivity contribution in [3.05, 3.63) is 35.4 Å². The van der Waals surface area contributed by atoms with Gasteiger partial charge >= 0.3 is 0 Å². The lowest BCUT2D eigenvalue weighted by Crippen LogP contribution is -2.15. The molecule has 0 radical (unpaired) electrons. The first-order valence-corrected chi connectivity index (χ1v) is 3.14. The highest BCUT2D eigenvalue weighted by molar-refractivity contribution is 5.37. The first-order chi connectivity index (χ1) is 4.38. The minimum atomic E-state index is -0.179. The fourth-order valence-electron chi connectivity index (χ4n) is 1.23. The zero-order valence-electron chi connectivity index (χ0n) is 5.04. The van der Waals surface area contributed by atoms with Crippen LogP contribution in [0.2, 0.25) is 0 Å². The van der Waals surface area contributed by atoms with Crippen LogP contribution in [0.4, 0.5) is 0 Å². The summed E-state index contributed by atoms with van der Waals surface area (Å²) >= 11 is 0. The molecule has 1 aromatic rings. The van der Waals surface area contributed by atoms with Crippen LogP contribution in [0.15, 0.2) is 24.3 Å². The Morgan fingerprint density at radius 3 is 2.67 bits per heavy atom. The smallest absolute Gasteiger partial charge is 0.0833 e. The second-order valence-electron chi connectivity index (χ2n) is 2.42.